The van der Waals surface area contributed by atoms with Crippen LogP contribution in [0.4, 0.5) is 14.9 Å². The number of para-hydroxylation sites is 1. The molecule has 1 aliphatic rings. The Morgan fingerprint density at radius 2 is 1.52 bits per heavy atom. The summed E-state index contributed by atoms with van der Waals surface area (Å²) in [6.45, 7) is 7.58. The smallest absolute Gasteiger partial charge is 0.321 e. The lowest BCUT2D eigenvalue weighted by atomic mass is 10.0. The van der Waals surface area contributed by atoms with E-state index in [9.17, 15) is 9.18 Å². The van der Waals surface area contributed by atoms with Gasteiger partial charge in [0.1, 0.15) is 5.82 Å². The molecule has 0 spiro atoms. The molecule has 0 radical (unpaired) electrons. The zero-order valence-electron chi connectivity index (χ0n) is 16.2. The molecule has 1 aliphatic heterocycles. The van der Waals surface area contributed by atoms with Crippen LogP contribution in [0.15, 0.2) is 42.5 Å². The van der Waals surface area contributed by atoms with Crippen LogP contribution in [-0.4, -0.2) is 42.0 Å². The van der Waals surface area contributed by atoms with Crippen LogP contribution in [-0.2, 0) is 19.4 Å². The summed E-state index contributed by atoms with van der Waals surface area (Å²) in [7, 11) is 0. The van der Waals surface area contributed by atoms with E-state index in [1.807, 2.05) is 17.0 Å². The standard InChI is InChI=1S/C22H28FN3O/c1-3-17-9-7-10-18(4-2)21(17)24-22(27)26-14-12-25(13-15-26)16-19-8-5-6-11-20(19)23/h5-11H,3-4,12-16H2,1-2H3,(H,24,27). The first-order valence-corrected chi connectivity index (χ1v) is 9.74. The second-order valence-electron chi connectivity index (χ2n) is 6.94. The van der Waals surface area contributed by atoms with Crippen molar-refractivity contribution in [3.8, 4) is 0 Å². The molecular formula is C22H28FN3O. The second kappa shape index (κ2) is 9.00. The van der Waals surface area contributed by atoms with Crippen molar-refractivity contribution in [2.24, 2.45) is 0 Å². The van der Waals surface area contributed by atoms with Gasteiger partial charge in [-0.3, -0.25) is 4.90 Å². The number of nitrogens with zero attached hydrogens (tertiary/aromatic N) is 2. The number of hydrogen-bond acceptors (Lipinski definition) is 2. The molecule has 3 rings (SSSR count). The van der Waals surface area contributed by atoms with Crippen LogP contribution in [0.3, 0.4) is 0 Å². The van der Waals surface area contributed by atoms with E-state index in [-0.39, 0.29) is 11.8 Å². The summed E-state index contributed by atoms with van der Waals surface area (Å²) in [6.07, 6.45) is 1.78. The Kier molecular flexibility index (Phi) is 6.45. The zero-order chi connectivity index (χ0) is 19.2. The van der Waals surface area contributed by atoms with E-state index < -0.39 is 0 Å². The van der Waals surface area contributed by atoms with Gasteiger partial charge in [0.15, 0.2) is 0 Å². The first-order valence-electron chi connectivity index (χ1n) is 9.74. The third-order valence-electron chi connectivity index (χ3n) is 5.24. The maximum atomic E-state index is 13.8. The molecule has 0 atom stereocenters. The van der Waals surface area contributed by atoms with Crippen molar-refractivity contribution in [1.82, 2.24) is 9.80 Å². The molecule has 27 heavy (non-hydrogen) atoms. The Labute approximate surface area is 161 Å². The summed E-state index contributed by atoms with van der Waals surface area (Å²) in [5.41, 5.74) is 4.00. The van der Waals surface area contributed by atoms with E-state index in [2.05, 4.69) is 42.3 Å². The van der Waals surface area contributed by atoms with Crippen LogP contribution in [0, 0.1) is 5.82 Å². The van der Waals surface area contributed by atoms with E-state index >= 15 is 0 Å². The molecule has 1 fully saturated rings. The highest BCUT2D eigenvalue weighted by molar-refractivity contribution is 5.91. The molecule has 2 aromatic rings. The third-order valence-corrected chi connectivity index (χ3v) is 5.24. The van der Waals surface area contributed by atoms with Gasteiger partial charge in [-0.2, -0.15) is 0 Å². The Balaban J connectivity index is 1.59. The first kappa shape index (κ1) is 19.4. The minimum Gasteiger partial charge on any atom is -0.322 e. The molecule has 1 heterocycles. The zero-order valence-corrected chi connectivity index (χ0v) is 16.2. The molecule has 144 valence electrons. The number of amides is 2. The molecule has 0 bridgehead atoms. The number of carbonyl (C=O) groups excluding carboxylic acids is 1. The number of piperazine rings is 1. The van der Waals surface area contributed by atoms with Crippen LogP contribution >= 0.6 is 0 Å². The quantitative estimate of drug-likeness (QED) is 0.853. The number of urea groups is 1. The van der Waals surface area contributed by atoms with Gasteiger partial charge in [-0.05, 0) is 30.0 Å². The number of rotatable bonds is 5. The minimum absolute atomic E-state index is 0.0452. The Hall–Kier alpha value is -2.40. The van der Waals surface area contributed by atoms with Gasteiger partial charge in [-0.25, -0.2) is 9.18 Å². The lowest BCUT2D eigenvalue weighted by Gasteiger charge is -2.35. The van der Waals surface area contributed by atoms with Crippen molar-refractivity contribution in [2.45, 2.75) is 33.2 Å². The lowest BCUT2D eigenvalue weighted by Crippen LogP contribution is -2.49. The second-order valence-corrected chi connectivity index (χ2v) is 6.94. The lowest BCUT2D eigenvalue weighted by molar-refractivity contribution is 0.142. The normalized spacial score (nSPS) is 15.0. The molecule has 0 saturated carbocycles. The molecule has 5 heteroatoms. The van der Waals surface area contributed by atoms with Crippen molar-refractivity contribution >= 4 is 11.7 Å². The average molecular weight is 369 g/mol. The predicted molar refractivity (Wildman–Crippen MR) is 107 cm³/mol. The van der Waals surface area contributed by atoms with Crippen LogP contribution < -0.4 is 5.32 Å². The fourth-order valence-corrected chi connectivity index (χ4v) is 3.57. The van der Waals surface area contributed by atoms with Crippen LogP contribution in [0.25, 0.3) is 0 Å². The van der Waals surface area contributed by atoms with E-state index in [1.54, 1.807) is 6.07 Å². The van der Waals surface area contributed by atoms with E-state index in [4.69, 9.17) is 0 Å². The van der Waals surface area contributed by atoms with Crippen molar-refractivity contribution < 1.29 is 9.18 Å². The highest BCUT2D eigenvalue weighted by Crippen LogP contribution is 2.23. The van der Waals surface area contributed by atoms with Gasteiger partial charge in [0.2, 0.25) is 0 Å². The monoisotopic (exact) mass is 369 g/mol. The molecule has 0 aliphatic carbocycles. The van der Waals surface area contributed by atoms with E-state index in [0.717, 1.165) is 31.6 Å². The average Bonchev–Trinajstić information content (AvgIpc) is 2.70. The van der Waals surface area contributed by atoms with Gasteiger partial charge in [0.25, 0.3) is 0 Å². The molecule has 4 nitrogen and oxygen atoms in total. The summed E-state index contributed by atoms with van der Waals surface area (Å²) in [5.74, 6) is -0.166. The summed E-state index contributed by atoms with van der Waals surface area (Å²) in [5, 5.41) is 3.13. The van der Waals surface area contributed by atoms with Crippen molar-refractivity contribution in [1.29, 1.82) is 0 Å². The number of aryl methyl sites for hydroxylation is 2. The number of halogens is 1. The van der Waals surface area contributed by atoms with Crippen molar-refractivity contribution in [3.63, 3.8) is 0 Å². The summed E-state index contributed by atoms with van der Waals surface area (Å²) in [6, 6.07) is 13.0. The molecule has 1 N–H and O–H groups in total. The van der Waals surface area contributed by atoms with Gasteiger partial charge in [-0.15, -0.1) is 0 Å². The van der Waals surface area contributed by atoms with E-state index in [1.165, 1.54) is 17.2 Å². The fraction of sp³-hybridized carbons (Fsp3) is 0.409. The van der Waals surface area contributed by atoms with Crippen LogP contribution in [0.2, 0.25) is 0 Å². The highest BCUT2D eigenvalue weighted by Gasteiger charge is 2.22. The first-order chi connectivity index (χ1) is 13.1. The van der Waals surface area contributed by atoms with Crippen molar-refractivity contribution in [2.75, 3.05) is 31.5 Å². The molecule has 2 amide bonds. The Bertz CT molecular complexity index is 763. The Morgan fingerprint density at radius 1 is 0.926 bits per heavy atom. The summed E-state index contributed by atoms with van der Waals surface area (Å²) >= 11 is 0. The number of benzene rings is 2. The maximum absolute atomic E-state index is 13.8. The molecular weight excluding hydrogens is 341 g/mol. The molecule has 0 aromatic heterocycles. The largest absolute Gasteiger partial charge is 0.322 e. The Morgan fingerprint density at radius 3 is 2.11 bits per heavy atom. The van der Waals surface area contributed by atoms with Crippen molar-refractivity contribution in [3.05, 3.63) is 65.0 Å². The van der Waals surface area contributed by atoms with Gasteiger partial charge in [0, 0.05) is 44.0 Å². The SMILES string of the molecule is CCc1cccc(CC)c1NC(=O)N1CCN(Cc2ccccc2F)CC1. The number of hydrogen-bond donors (Lipinski definition) is 1. The fourth-order valence-electron chi connectivity index (χ4n) is 3.57. The predicted octanol–water partition coefficient (Wildman–Crippen LogP) is 4.30. The van der Waals surface area contributed by atoms with E-state index in [0.29, 0.717) is 25.2 Å². The number of nitrogens with one attached hydrogen (secondary N) is 1. The molecule has 1 saturated heterocycles. The minimum atomic E-state index is -0.166. The maximum Gasteiger partial charge on any atom is 0.321 e. The molecule has 2 aromatic carbocycles. The number of carbonyl (C=O) groups is 1. The highest BCUT2D eigenvalue weighted by atomic mass is 19.1. The van der Waals surface area contributed by atoms with Gasteiger partial charge >= 0.3 is 6.03 Å². The summed E-state index contributed by atoms with van der Waals surface area (Å²) in [4.78, 5) is 16.8. The van der Waals surface area contributed by atoms with Crippen LogP contribution in [0.1, 0.15) is 30.5 Å². The van der Waals surface area contributed by atoms with Gasteiger partial charge < -0.3 is 10.2 Å². The van der Waals surface area contributed by atoms with Crippen LogP contribution in [0.5, 0.6) is 0 Å². The summed E-state index contributed by atoms with van der Waals surface area (Å²) < 4.78 is 13.8. The van der Waals surface area contributed by atoms with Gasteiger partial charge in [0.05, 0.1) is 0 Å². The third kappa shape index (κ3) is 4.66. The number of anilines is 1. The topological polar surface area (TPSA) is 35.6 Å². The molecule has 0 unspecified atom stereocenters. The van der Waals surface area contributed by atoms with Gasteiger partial charge in [-0.1, -0.05) is 50.2 Å².